The summed E-state index contributed by atoms with van der Waals surface area (Å²) >= 11 is 1.54. The standard InChI is InChI=1S/C54H73N7O9.C11H18N4OS/c1-6-10-45(7-2)42(3)56-54(64)53(46-16-22-49(65-5)23-17-46)61(39-44-11-12-44)52(63)26-15-43-13-20-50(21-14-43)69-31-9-8-28-59(4)29-33-67-36-35-66-32-27-48-40-60(58-57-48)30-34-68-37-38-70-51-24-18-47(19-25-51)55-41-62;1-12-11-13-9(8-17-11)7-10(16)15-5-3-14(2)4-6-15/h6-7,10,13-14,16-25,40-42,44,53H,1-2,8-9,11-12,15,26-39H2,3-5H3,(H,55,62)(H,56,64);8H,3-7H2,1-2H3,(H,12,13)/b45-10+;. The molecule has 3 aromatic carbocycles. The highest BCUT2D eigenvalue weighted by atomic mass is 32.1. The molecule has 7 rings (SSSR count). The molecule has 3 heterocycles. The number of nitrogens with zero attached hydrogens (tertiary/aromatic N) is 8. The molecule has 2 unspecified atom stereocenters. The zero-order valence-corrected chi connectivity index (χ0v) is 52.4. The molecule has 472 valence electrons. The summed E-state index contributed by atoms with van der Waals surface area (Å²) in [6.45, 7) is 20.2. The van der Waals surface area contributed by atoms with Gasteiger partial charge in [-0.05, 0) is 131 Å². The molecule has 87 heavy (non-hydrogen) atoms. The van der Waals surface area contributed by atoms with Gasteiger partial charge in [0.05, 0.1) is 83.8 Å². The Morgan fingerprint density at radius 2 is 1.48 bits per heavy atom. The predicted molar refractivity (Wildman–Crippen MR) is 340 cm³/mol. The third-order valence-electron chi connectivity index (χ3n) is 14.7. The Bertz CT molecular complexity index is 2860. The number of allylic oxidation sites excluding steroid dienone is 2. The van der Waals surface area contributed by atoms with Gasteiger partial charge in [0.15, 0.2) is 5.13 Å². The Morgan fingerprint density at radius 3 is 2.15 bits per heavy atom. The molecule has 1 saturated carbocycles. The second kappa shape index (κ2) is 38.6. The van der Waals surface area contributed by atoms with Crippen molar-refractivity contribution in [2.75, 3.05) is 138 Å². The van der Waals surface area contributed by atoms with Gasteiger partial charge >= 0.3 is 0 Å². The summed E-state index contributed by atoms with van der Waals surface area (Å²) < 4.78 is 36.0. The summed E-state index contributed by atoms with van der Waals surface area (Å²) in [6.07, 6.45) is 13.7. The molecular formula is C65H91N11O10S. The van der Waals surface area contributed by atoms with Gasteiger partial charge in [-0.2, -0.15) is 0 Å². The van der Waals surface area contributed by atoms with Gasteiger partial charge in [-0.3, -0.25) is 19.2 Å². The fraction of sp³-hybridized carbons (Fsp3) is 0.492. The van der Waals surface area contributed by atoms with E-state index in [-0.39, 0.29) is 30.2 Å². The molecule has 2 aromatic heterocycles. The zero-order valence-electron chi connectivity index (χ0n) is 51.6. The van der Waals surface area contributed by atoms with Gasteiger partial charge in [-0.1, -0.05) is 60.9 Å². The minimum atomic E-state index is -0.797. The SMILES string of the molecule is C=C/C=C(\C=C)C(C)NC(=O)C(c1ccc(OC)cc1)N(CC1CC1)C(=O)CCc1ccc(OCCCCN(C)CCOCCOCCc2cn(CCOCCOc3ccc(NC=O)cc3)nn2)cc1.CNc1nc(CC(=O)N2CCN(C)CC2)cs1. The number of methoxy groups -OCH3 is 1. The van der Waals surface area contributed by atoms with E-state index in [0.29, 0.717) is 115 Å². The van der Waals surface area contributed by atoms with Crippen molar-refractivity contribution in [1.29, 1.82) is 0 Å². The fourth-order valence-electron chi connectivity index (χ4n) is 9.32. The van der Waals surface area contributed by atoms with Crippen molar-refractivity contribution in [3.05, 3.63) is 144 Å². The molecule has 0 spiro atoms. The van der Waals surface area contributed by atoms with Crippen molar-refractivity contribution in [2.45, 2.75) is 76.9 Å². The van der Waals surface area contributed by atoms with E-state index in [4.69, 9.17) is 28.4 Å². The first-order valence-corrected chi connectivity index (χ1v) is 31.0. The molecule has 2 fully saturated rings. The van der Waals surface area contributed by atoms with Crippen LogP contribution in [0.1, 0.15) is 67.6 Å². The lowest BCUT2D eigenvalue weighted by Crippen LogP contribution is -2.47. The molecule has 5 aromatic rings. The van der Waals surface area contributed by atoms with Crippen LogP contribution in [0, 0.1) is 5.92 Å². The van der Waals surface area contributed by atoms with E-state index in [1.54, 1.807) is 53.1 Å². The number of carbonyl (C=O) groups excluding carboxylic acids is 4. The number of aromatic nitrogens is 4. The van der Waals surface area contributed by atoms with Gasteiger partial charge < -0.3 is 64.0 Å². The van der Waals surface area contributed by atoms with Crippen LogP contribution in [0.5, 0.6) is 17.2 Å². The summed E-state index contributed by atoms with van der Waals surface area (Å²) in [5, 5.41) is 19.9. The second-order valence-electron chi connectivity index (χ2n) is 21.5. The molecule has 22 heteroatoms. The van der Waals surface area contributed by atoms with E-state index in [2.05, 4.69) is 68.3 Å². The number of anilines is 2. The van der Waals surface area contributed by atoms with Gasteiger partial charge in [0, 0.05) is 76.4 Å². The van der Waals surface area contributed by atoms with Crippen LogP contribution in [0.4, 0.5) is 10.8 Å². The van der Waals surface area contributed by atoms with E-state index < -0.39 is 6.04 Å². The molecule has 2 aliphatic rings. The number of unbranched alkanes of at least 4 members (excludes halogenated alkanes) is 1. The number of hydrogen-bond donors (Lipinski definition) is 3. The van der Waals surface area contributed by atoms with E-state index in [1.807, 2.05) is 85.1 Å². The number of amides is 4. The van der Waals surface area contributed by atoms with Crippen molar-refractivity contribution in [2.24, 2.45) is 5.92 Å². The van der Waals surface area contributed by atoms with Crippen molar-refractivity contribution >= 4 is 46.3 Å². The number of benzene rings is 3. The fourth-order valence-corrected chi connectivity index (χ4v) is 10.00. The molecule has 2 atom stereocenters. The van der Waals surface area contributed by atoms with Gasteiger partial charge in [-0.15, -0.1) is 16.4 Å². The average Bonchev–Trinajstić information content (AvgIpc) is 3.92. The molecule has 3 N–H and O–H groups in total. The van der Waals surface area contributed by atoms with Crippen molar-refractivity contribution < 1.29 is 47.6 Å². The Morgan fingerprint density at radius 1 is 0.805 bits per heavy atom. The average molecular weight is 1220 g/mol. The maximum absolute atomic E-state index is 14.1. The molecule has 1 aliphatic heterocycles. The Labute approximate surface area is 518 Å². The predicted octanol–water partition coefficient (Wildman–Crippen LogP) is 7.53. The van der Waals surface area contributed by atoms with Crippen LogP contribution in [0.15, 0.2) is 121 Å². The Kier molecular flexibility index (Phi) is 30.5. The largest absolute Gasteiger partial charge is 0.497 e. The normalized spacial score (nSPS) is 14.0. The highest BCUT2D eigenvalue weighted by Gasteiger charge is 2.36. The van der Waals surface area contributed by atoms with Crippen molar-refractivity contribution in [1.82, 2.24) is 44.9 Å². The third-order valence-corrected chi connectivity index (χ3v) is 15.6. The maximum atomic E-state index is 14.1. The van der Waals surface area contributed by atoms with Gasteiger partial charge in [0.2, 0.25) is 24.1 Å². The molecule has 0 bridgehead atoms. The zero-order chi connectivity index (χ0) is 62.0. The summed E-state index contributed by atoms with van der Waals surface area (Å²) in [7, 11) is 7.62. The number of nitrogens with one attached hydrogen (secondary N) is 3. The lowest BCUT2D eigenvalue weighted by atomic mass is 10.0. The van der Waals surface area contributed by atoms with Crippen LogP contribution in [-0.2, 0) is 59.2 Å². The van der Waals surface area contributed by atoms with Crippen LogP contribution in [-0.4, -0.2) is 197 Å². The number of carbonyl (C=O) groups is 4. The minimum Gasteiger partial charge on any atom is -0.497 e. The number of rotatable bonds is 40. The number of piperazine rings is 1. The first-order chi connectivity index (χ1) is 42.4. The second-order valence-corrected chi connectivity index (χ2v) is 22.3. The van der Waals surface area contributed by atoms with E-state index in [1.165, 1.54) is 11.3 Å². The van der Waals surface area contributed by atoms with Gasteiger partial charge in [0.1, 0.15) is 29.9 Å². The molecule has 0 radical (unpaired) electrons. The van der Waals surface area contributed by atoms with Crippen molar-refractivity contribution in [3.8, 4) is 17.2 Å². The van der Waals surface area contributed by atoms with Crippen LogP contribution < -0.4 is 30.2 Å². The van der Waals surface area contributed by atoms with Crippen LogP contribution in [0.3, 0.4) is 0 Å². The van der Waals surface area contributed by atoms with E-state index in [0.717, 1.165) is 104 Å². The molecule has 1 aliphatic carbocycles. The quantitative estimate of drug-likeness (QED) is 0.0196. The molecule has 4 amide bonds. The summed E-state index contributed by atoms with van der Waals surface area (Å²) in [4.78, 5) is 63.2. The minimum absolute atomic E-state index is 0.0624. The van der Waals surface area contributed by atoms with Crippen LogP contribution in [0.2, 0.25) is 0 Å². The first kappa shape index (κ1) is 68.6. The Hall–Kier alpha value is -7.47. The highest BCUT2D eigenvalue weighted by molar-refractivity contribution is 7.13. The monoisotopic (exact) mass is 1220 g/mol. The van der Waals surface area contributed by atoms with Gasteiger partial charge in [-0.25, -0.2) is 9.67 Å². The molecule has 21 nitrogen and oxygen atoms in total. The molecule has 1 saturated heterocycles. The number of ether oxygens (including phenoxy) is 6. The number of hydrogen-bond acceptors (Lipinski definition) is 17. The summed E-state index contributed by atoms with van der Waals surface area (Å²) in [5.74, 6) is 2.45. The van der Waals surface area contributed by atoms with Crippen LogP contribution in [0.25, 0.3) is 0 Å². The maximum Gasteiger partial charge on any atom is 0.247 e. The van der Waals surface area contributed by atoms with E-state index >= 15 is 0 Å². The number of likely N-dealkylation sites (N-methyl/N-ethyl adjacent to an activating group) is 2. The van der Waals surface area contributed by atoms with Crippen molar-refractivity contribution in [3.63, 3.8) is 0 Å². The number of thiazole rings is 1. The summed E-state index contributed by atoms with van der Waals surface area (Å²) in [6, 6.07) is 21.3. The topological polar surface area (TPSA) is 216 Å². The Balaban J connectivity index is 0.000000606. The van der Waals surface area contributed by atoms with Gasteiger partial charge in [0.25, 0.3) is 0 Å². The number of aryl methyl sites for hydroxylation is 1. The smallest absolute Gasteiger partial charge is 0.247 e. The lowest BCUT2D eigenvalue weighted by Gasteiger charge is -2.33. The first-order valence-electron chi connectivity index (χ1n) is 30.1. The highest BCUT2D eigenvalue weighted by Crippen LogP contribution is 2.34. The molecular weight excluding hydrogens is 1130 g/mol. The summed E-state index contributed by atoms with van der Waals surface area (Å²) in [5.41, 5.74) is 5.03. The third kappa shape index (κ3) is 25.4. The van der Waals surface area contributed by atoms with E-state index in [9.17, 15) is 19.2 Å². The lowest BCUT2D eigenvalue weighted by molar-refractivity contribution is -0.141. The van der Waals surface area contributed by atoms with Crippen LogP contribution >= 0.6 is 11.3 Å².